The molecule has 4 aromatic rings. The van der Waals surface area contributed by atoms with Crippen LogP contribution < -0.4 is 5.56 Å². The van der Waals surface area contributed by atoms with Crippen molar-refractivity contribution in [3.8, 4) is 11.1 Å². The number of aromatic nitrogens is 3. The fraction of sp³-hybridized carbons (Fsp3) is 0.211. The Morgan fingerprint density at radius 1 is 1.27 bits per heavy atom. The Hall–Kier alpha value is -2.38. The summed E-state index contributed by atoms with van der Waals surface area (Å²) in [6.07, 6.45) is 0. The first-order valence-corrected chi connectivity index (χ1v) is 10.2. The Balaban J connectivity index is 1.77. The van der Waals surface area contributed by atoms with Gasteiger partial charge in [-0.25, -0.2) is 4.98 Å². The lowest BCUT2D eigenvalue weighted by molar-refractivity contribution is 0.393. The van der Waals surface area contributed by atoms with Crippen LogP contribution in [0.25, 0.3) is 21.3 Å². The number of aryl methyl sites for hydroxylation is 1. The van der Waals surface area contributed by atoms with E-state index in [1.807, 2.05) is 55.6 Å². The fourth-order valence-electron chi connectivity index (χ4n) is 2.85. The zero-order chi connectivity index (χ0) is 18.1. The summed E-state index contributed by atoms with van der Waals surface area (Å²) in [4.78, 5) is 18.7. The van der Waals surface area contributed by atoms with Crippen molar-refractivity contribution in [2.45, 2.75) is 31.3 Å². The molecule has 1 aromatic carbocycles. The lowest BCUT2D eigenvalue weighted by atomic mass is 10.1. The van der Waals surface area contributed by atoms with Crippen LogP contribution in [0.3, 0.4) is 0 Å². The van der Waals surface area contributed by atoms with Gasteiger partial charge in [0.1, 0.15) is 10.6 Å². The second-order valence-electron chi connectivity index (χ2n) is 5.86. The van der Waals surface area contributed by atoms with Gasteiger partial charge in [-0.1, -0.05) is 47.3 Å². The van der Waals surface area contributed by atoms with E-state index in [1.165, 1.54) is 23.1 Å². The predicted octanol–water partition coefficient (Wildman–Crippen LogP) is 4.73. The van der Waals surface area contributed by atoms with Crippen LogP contribution in [0.5, 0.6) is 0 Å². The highest BCUT2D eigenvalue weighted by molar-refractivity contribution is 7.98. The van der Waals surface area contributed by atoms with Crippen LogP contribution in [0, 0.1) is 6.92 Å². The van der Waals surface area contributed by atoms with Gasteiger partial charge in [-0.3, -0.25) is 9.36 Å². The minimum atomic E-state index is 0.0106. The van der Waals surface area contributed by atoms with E-state index in [1.54, 1.807) is 4.57 Å². The van der Waals surface area contributed by atoms with Crippen molar-refractivity contribution in [1.82, 2.24) is 14.7 Å². The summed E-state index contributed by atoms with van der Waals surface area (Å²) in [6.45, 7) is 4.41. The molecule has 0 aliphatic carbocycles. The van der Waals surface area contributed by atoms with Crippen LogP contribution in [0.15, 0.2) is 56.3 Å². The van der Waals surface area contributed by atoms with Crippen LogP contribution in [-0.4, -0.2) is 14.7 Å². The maximum Gasteiger partial charge on any atom is 0.263 e. The van der Waals surface area contributed by atoms with Crippen LogP contribution in [0.2, 0.25) is 0 Å². The van der Waals surface area contributed by atoms with Crippen LogP contribution in [0.1, 0.15) is 18.4 Å². The molecule has 0 amide bonds. The number of fused-ring (bicyclic) bond motifs is 1. The van der Waals surface area contributed by atoms with Gasteiger partial charge < -0.3 is 4.52 Å². The van der Waals surface area contributed by atoms with Crippen LogP contribution in [0.4, 0.5) is 0 Å². The smallest absolute Gasteiger partial charge is 0.263 e. The zero-order valence-corrected chi connectivity index (χ0v) is 16.1. The number of rotatable bonds is 5. The molecule has 0 aliphatic rings. The molecule has 0 fully saturated rings. The molecule has 0 bridgehead atoms. The molecule has 4 rings (SSSR count). The Bertz CT molecular complexity index is 1110. The summed E-state index contributed by atoms with van der Waals surface area (Å²) in [7, 11) is 0. The lowest BCUT2D eigenvalue weighted by Gasteiger charge is -2.09. The summed E-state index contributed by atoms with van der Waals surface area (Å²) >= 11 is 3.02. The first-order valence-electron chi connectivity index (χ1n) is 8.30. The molecule has 5 nitrogen and oxygen atoms in total. The molecule has 0 unspecified atom stereocenters. The maximum absolute atomic E-state index is 13.1. The van der Waals surface area contributed by atoms with Gasteiger partial charge in [0, 0.05) is 29.3 Å². The number of thiophene rings is 1. The molecule has 0 saturated carbocycles. The van der Waals surface area contributed by atoms with Gasteiger partial charge in [0.2, 0.25) is 0 Å². The highest BCUT2D eigenvalue weighted by Gasteiger charge is 2.17. The molecule has 26 heavy (non-hydrogen) atoms. The van der Waals surface area contributed by atoms with Crippen molar-refractivity contribution >= 4 is 33.3 Å². The van der Waals surface area contributed by atoms with Crippen LogP contribution in [-0.2, 0) is 12.3 Å². The number of benzene rings is 1. The molecular weight excluding hydrogens is 366 g/mol. The van der Waals surface area contributed by atoms with E-state index in [2.05, 4.69) is 5.16 Å². The second-order valence-corrected chi connectivity index (χ2v) is 7.66. The highest BCUT2D eigenvalue weighted by Crippen LogP contribution is 2.32. The number of nitrogens with zero attached hydrogens (tertiary/aromatic N) is 3. The molecule has 3 heterocycles. The zero-order valence-electron chi connectivity index (χ0n) is 14.4. The third-order valence-electron chi connectivity index (χ3n) is 4.09. The third kappa shape index (κ3) is 3.08. The van der Waals surface area contributed by atoms with Crippen molar-refractivity contribution in [3.05, 3.63) is 63.6 Å². The van der Waals surface area contributed by atoms with Crippen molar-refractivity contribution < 1.29 is 4.52 Å². The molecule has 0 radical (unpaired) electrons. The van der Waals surface area contributed by atoms with Gasteiger partial charge in [0.25, 0.3) is 5.56 Å². The van der Waals surface area contributed by atoms with E-state index in [9.17, 15) is 4.79 Å². The van der Waals surface area contributed by atoms with Crippen LogP contribution >= 0.6 is 23.1 Å². The highest BCUT2D eigenvalue weighted by atomic mass is 32.2. The second kappa shape index (κ2) is 7.09. The minimum absolute atomic E-state index is 0.0106. The summed E-state index contributed by atoms with van der Waals surface area (Å²) < 4.78 is 6.84. The third-order valence-corrected chi connectivity index (χ3v) is 5.97. The van der Waals surface area contributed by atoms with Crippen molar-refractivity contribution in [3.63, 3.8) is 0 Å². The van der Waals surface area contributed by atoms with Gasteiger partial charge in [-0.15, -0.1) is 11.3 Å². The Morgan fingerprint density at radius 2 is 2.08 bits per heavy atom. The lowest BCUT2D eigenvalue weighted by Crippen LogP contribution is -2.22. The van der Waals surface area contributed by atoms with Gasteiger partial charge in [0.15, 0.2) is 5.16 Å². The first-order chi connectivity index (χ1) is 12.7. The normalized spacial score (nSPS) is 11.3. The number of hydrogen-bond acceptors (Lipinski definition) is 6. The standard InChI is InChI=1S/C19H17N3O2S2/c1-3-22-18(23)16-15(13-7-5-4-6-8-13)11-25-17(16)20-19(22)26-10-14-9-12(2)24-21-14/h4-9,11H,3,10H2,1-2H3. The summed E-state index contributed by atoms with van der Waals surface area (Å²) in [5.74, 6) is 1.40. The summed E-state index contributed by atoms with van der Waals surface area (Å²) in [5.41, 5.74) is 2.85. The van der Waals surface area contributed by atoms with Crippen molar-refractivity contribution in [1.29, 1.82) is 0 Å². The molecule has 0 N–H and O–H groups in total. The van der Waals surface area contributed by atoms with Crippen molar-refractivity contribution in [2.24, 2.45) is 0 Å². The van der Waals surface area contributed by atoms with E-state index < -0.39 is 0 Å². The monoisotopic (exact) mass is 383 g/mol. The average Bonchev–Trinajstić information content (AvgIpc) is 3.27. The maximum atomic E-state index is 13.1. The van der Waals surface area contributed by atoms with E-state index in [0.717, 1.165) is 27.4 Å². The van der Waals surface area contributed by atoms with Gasteiger partial charge in [-0.2, -0.15) is 0 Å². The molecule has 3 aromatic heterocycles. The number of hydrogen-bond donors (Lipinski definition) is 0. The number of thioether (sulfide) groups is 1. The Morgan fingerprint density at radius 3 is 2.77 bits per heavy atom. The average molecular weight is 383 g/mol. The minimum Gasteiger partial charge on any atom is -0.361 e. The molecule has 0 atom stereocenters. The van der Waals surface area contributed by atoms with Crippen molar-refractivity contribution in [2.75, 3.05) is 0 Å². The SMILES string of the molecule is CCn1c(SCc2cc(C)on2)nc2scc(-c3ccccc3)c2c1=O. The molecule has 0 saturated heterocycles. The Labute approximate surface area is 158 Å². The van der Waals surface area contributed by atoms with Gasteiger partial charge in [0.05, 0.1) is 11.1 Å². The topological polar surface area (TPSA) is 60.9 Å². The predicted molar refractivity (Wildman–Crippen MR) is 106 cm³/mol. The molecule has 7 heteroatoms. The summed E-state index contributed by atoms with van der Waals surface area (Å²) in [5, 5.41) is 7.44. The van der Waals surface area contributed by atoms with Gasteiger partial charge >= 0.3 is 0 Å². The fourth-order valence-corrected chi connectivity index (χ4v) is 4.78. The molecular formula is C19H17N3O2S2. The quantitative estimate of drug-likeness (QED) is 0.368. The van der Waals surface area contributed by atoms with Gasteiger partial charge in [-0.05, 0) is 19.4 Å². The van der Waals surface area contributed by atoms with E-state index in [4.69, 9.17) is 9.51 Å². The summed E-state index contributed by atoms with van der Waals surface area (Å²) in [6, 6.07) is 11.9. The van der Waals surface area contributed by atoms with E-state index in [-0.39, 0.29) is 5.56 Å². The van der Waals surface area contributed by atoms with E-state index >= 15 is 0 Å². The molecule has 0 spiro atoms. The molecule has 0 aliphatic heterocycles. The first kappa shape index (κ1) is 17.1. The largest absolute Gasteiger partial charge is 0.361 e. The Kier molecular flexibility index (Phi) is 4.65. The van der Waals surface area contributed by atoms with E-state index in [0.29, 0.717) is 22.8 Å². The molecule has 132 valence electrons.